The summed E-state index contributed by atoms with van der Waals surface area (Å²) in [6.45, 7) is 2.17. The van der Waals surface area contributed by atoms with Crippen molar-refractivity contribution in [1.82, 2.24) is 14.8 Å². The van der Waals surface area contributed by atoms with Crippen molar-refractivity contribution in [3.63, 3.8) is 0 Å². The zero-order chi connectivity index (χ0) is 21.5. The first-order valence-corrected chi connectivity index (χ1v) is 9.38. The fraction of sp³-hybridized carbons (Fsp3) is 0.200. The summed E-state index contributed by atoms with van der Waals surface area (Å²) in [6.07, 6.45) is -0.619. The van der Waals surface area contributed by atoms with Crippen molar-refractivity contribution >= 4 is 35.0 Å². The van der Waals surface area contributed by atoms with Gasteiger partial charge in [-0.25, -0.2) is 14.5 Å². The summed E-state index contributed by atoms with van der Waals surface area (Å²) < 4.78 is 11.3. The number of rotatable bonds is 7. The van der Waals surface area contributed by atoms with E-state index < -0.39 is 12.0 Å². The Morgan fingerprint density at radius 3 is 2.53 bits per heavy atom. The first-order chi connectivity index (χ1) is 14.5. The first-order valence-electron chi connectivity index (χ1n) is 9.00. The number of halogens is 1. The highest BCUT2D eigenvalue weighted by Gasteiger charge is 2.17. The van der Waals surface area contributed by atoms with Gasteiger partial charge in [0, 0.05) is 18.5 Å². The SMILES string of the molecule is COCCOC(=O)Nc1cccc(NC(=O)c2nc(C)n(-c3ccccc3Cl)n2)c1. The number of aryl methyl sites for hydroxylation is 1. The third-order valence-corrected chi connectivity index (χ3v) is 4.26. The number of anilines is 2. The second kappa shape index (κ2) is 9.86. The molecule has 0 saturated carbocycles. The molecule has 156 valence electrons. The molecular formula is C20H20ClN5O4. The smallest absolute Gasteiger partial charge is 0.411 e. The number of nitrogens with one attached hydrogen (secondary N) is 2. The van der Waals surface area contributed by atoms with E-state index in [-0.39, 0.29) is 12.4 Å². The van der Waals surface area contributed by atoms with Gasteiger partial charge >= 0.3 is 6.09 Å². The van der Waals surface area contributed by atoms with Crippen LogP contribution in [0.3, 0.4) is 0 Å². The summed E-state index contributed by atoms with van der Waals surface area (Å²) in [5, 5.41) is 10.0. The van der Waals surface area contributed by atoms with Gasteiger partial charge in [-0.3, -0.25) is 10.1 Å². The Morgan fingerprint density at radius 2 is 1.80 bits per heavy atom. The topological polar surface area (TPSA) is 107 Å². The van der Waals surface area contributed by atoms with Gasteiger partial charge in [-0.2, -0.15) is 0 Å². The quantitative estimate of drug-likeness (QED) is 0.555. The van der Waals surface area contributed by atoms with Crippen LogP contribution in [0.5, 0.6) is 0 Å². The minimum absolute atomic E-state index is 0.00948. The van der Waals surface area contributed by atoms with Gasteiger partial charge in [-0.1, -0.05) is 29.8 Å². The van der Waals surface area contributed by atoms with Gasteiger partial charge in [0.05, 0.1) is 17.3 Å². The summed E-state index contributed by atoms with van der Waals surface area (Å²) in [5.74, 6) is 0.0101. The van der Waals surface area contributed by atoms with Crippen LogP contribution in [0.15, 0.2) is 48.5 Å². The predicted molar refractivity (Wildman–Crippen MR) is 112 cm³/mol. The van der Waals surface area contributed by atoms with Crippen molar-refractivity contribution < 1.29 is 19.1 Å². The molecule has 30 heavy (non-hydrogen) atoms. The minimum Gasteiger partial charge on any atom is -0.447 e. The Bertz CT molecular complexity index is 1050. The van der Waals surface area contributed by atoms with Crippen molar-refractivity contribution in [2.24, 2.45) is 0 Å². The molecule has 2 N–H and O–H groups in total. The van der Waals surface area contributed by atoms with E-state index >= 15 is 0 Å². The van der Waals surface area contributed by atoms with Crippen molar-refractivity contribution in [3.05, 3.63) is 65.2 Å². The molecule has 0 saturated heterocycles. The van der Waals surface area contributed by atoms with Gasteiger partial charge in [0.25, 0.3) is 5.91 Å². The van der Waals surface area contributed by atoms with Crippen molar-refractivity contribution in [1.29, 1.82) is 0 Å². The fourth-order valence-corrected chi connectivity index (χ4v) is 2.79. The van der Waals surface area contributed by atoms with Gasteiger partial charge in [-0.05, 0) is 37.3 Å². The number of aromatic nitrogens is 3. The lowest BCUT2D eigenvalue weighted by Crippen LogP contribution is -2.17. The Morgan fingerprint density at radius 1 is 1.07 bits per heavy atom. The zero-order valence-electron chi connectivity index (χ0n) is 16.4. The molecule has 9 nitrogen and oxygen atoms in total. The summed E-state index contributed by atoms with van der Waals surface area (Å²) in [5.41, 5.74) is 1.55. The van der Waals surface area contributed by atoms with Crippen LogP contribution in [-0.2, 0) is 9.47 Å². The second-order valence-electron chi connectivity index (χ2n) is 6.13. The van der Waals surface area contributed by atoms with Crippen molar-refractivity contribution in [2.45, 2.75) is 6.92 Å². The van der Waals surface area contributed by atoms with Gasteiger partial charge in [0.1, 0.15) is 12.4 Å². The predicted octanol–water partition coefficient (Wildman–Crippen LogP) is 3.68. The van der Waals surface area contributed by atoms with Crippen LogP contribution in [0.1, 0.15) is 16.4 Å². The number of methoxy groups -OCH3 is 1. The molecule has 0 aliphatic rings. The Hall–Kier alpha value is -3.43. The average Bonchev–Trinajstić information content (AvgIpc) is 3.10. The van der Waals surface area contributed by atoms with E-state index in [2.05, 4.69) is 20.7 Å². The van der Waals surface area contributed by atoms with Gasteiger partial charge in [0.2, 0.25) is 5.82 Å². The maximum absolute atomic E-state index is 12.6. The molecule has 0 aliphatic heterocycles. The van der Waals surface area contributed by atoms with Crippen LogP contribution < -0.4 is 10.6 Å². The van der Waals surface area contributed by atoms with Crippen LogP contribution in [-0.4, -0.2) is 47.1 Å². The summed E-state index contributed by atoms with van der Waals surface area (Å²) >= 11 is 6.21. The third-order valence-electron chi connectivity index (χ3n) is 3.94. The number of carbonyl (C=O) groups excluding carboxylic acids is 2. The van der Waals surface area contributed by atoms with E-state index in [1.807, 2.05) is 6.07 Å². The highest BCUT2D eigenvalue weighted by molar-refractivity contribution is 6.32. The van der Waals surface area contributed by atoms with Crippen LogP contribution >= 0.6 is 11.6 Å². The van der Waals surface area contributed by atoms with E-state index in [0.29, 0.717) is 34.5 Å². The molecule has 0 aliphatic carbocycles. The molecule has 0 bridgehead atoms. The Kier molecular flexibility index (Phi) is 6.99. The highest BCUT2D eigenvalue weighted by atomic mass is 35.5. The monoisotopic (exact) mass is 429 g/mol. The number of hydrogen-bond acceptors (Lipinski definition) is 6. The molecule has 2 amide bonds. The summed E-state index contributed by atoms with van der Waals surface area (Å²) in [4.78, 5) is 28.5. The normalized spacial score (nSPS) is 10.5. The number of hydrogen-bond donors (Lipinski definition) is 2. The minimum atomic E-state index is -0.619. The average molecular weight is 430 g/mol. The second-order valence-corrected chi connectivity index (χ2v) is 6.54. The molecule has 0 radical (unpaired) electrons. The van der Waals surface area contributed by atoms with Gasteiger partial charge in [-0.15, -0.1) is 5.10 Å². The molecule has 3 rings (SSSR count). The Labute approximate surface area is 178 Å². The molecule has 0 fully saturated rings. The van der Waals surface area contributed by atoms with E-state index in [9.17, 15) is 9.59 Å². The highest BCUT2D eigenvalue weighted by Crippen LogP contribution is 2.21. The van der Waals surface area contributed by atoms with Crippen LogP contribution in [0.4, 0.5) is 16.2 Å². The number of amides is 2. The molecule has 3 aromatic rings. The standard InChI is InChI=1S/C20H20ClN5O4/c1-13-22-18(25-26(13)17-9-4-3-8-16(17)21)19(27)23-14-6-5-7-15(12-14)24-20(28)30-11-10-29-2/h3-9,12H,10-11H2,1-2H3,(H,23,27)(H,24,28). The van der Waals surface area contributed by atoms with Gasteiger partial charge < -0.3 is 14.8 Å². The van der Waals surface area contributed by atoms with Crippen LogP contribution in [0.2, 0.25) is 5.02 Å². The van der Waals surface area contributed by atoms with E-state index in [0.717, 1.165) is 0 Å². The fourth-order valence-electron chi connectivity index (χ4n) is 2.57. The molecule has 0 atom stereocenters. The number of nitrogens with zero attached hydrogens (tertiary/aromatic N) is 3. The number of ether oxygens (including phenoxy) is 2. The van der Waals surface area contributed by atoms with E-state index in [1.54, 1.807) is 49.4 Å². The largest absolute Gasteiger partial charge is 0.447 e. The molecule has 1 heterocycles. The molecule has 10 heteroatoms. The van der Waals surface area contributed by atoms with Crippen molar-refractivity contribution in [2.75, 3.05) is 31.0 Å². The zero-order valence-corrected chi connectivity index (χ0v) is 17.1. The first kappa shape index (κ1) is 21.3. The molecule has 1 aromatic heterocycles. The molecule has 0 unspecified atom stereocenters. The van der Waals surface area contributed by atoms with Gasteiger partial charge in [0.15, 0.2) is 0 Å². The van der Waals surface area contributed by atoms with Crippen LogP contribution in [0, 0.1) is 6.92 Å². The summed E-state index contributed by atoms with van der Waals surface area (Å²) in [6, 6.07) is 13.8. The van der Waals surface area contributed by atoms with Crippen LogP contribution in [0.25, 0.3) is 5.69 Å². The van der Waals surface area contributed by atoms with Crippen molar-refractivity contribution in [3.8, 4) is 5.69 Å². The third kappa shape index (κ3) is 5.34. The maximum Gasteiger partial charge on any atom is 0.411 e. The summed E-state index contributed by atoms with van der Waals surface area (Å²) in [7, 11) is 1.52. The molecular weight excluding hydrogens is 410 g/mol. The van der Waals surface area contributed by atoms with E-state index in [4.69, 9.17) is 21.1 Å². The molecule has 2 aromatic carbocycles. The maximum atomic E-state index is 12.6. The molecule has 0 spiro atoms. The van der Waals surface area contributed by atoms with E-state index in [1.165, 1.54) is 11.8 Å². The lowest BCUT2D eigenvalue weighted by molar-refractivity contribution is 0.101. The lowest BCUT2D eigenvalue weighted by atomic mass is 10.2. The number of para-hydroxylation sites is 1. The Balaban J connectivity index is 1.69. The number of carbonyl (C=O) groups is 2. The lowest BCUT2D eigenvalue weighted by Gasteiger charge is -2.08. The number of benzene rings is 2.